The van der Waals surface area contributed by atoms with E-state index in [1.807, 2.05) is 24.0 Å². The van der Waals surface area contributed by atoms with Gasteiger partial charge in [-0.1, -0.05) is 19.1 Å². The summed E-state index contributed by atoms with van der Waals surface area (Å²) in [7, 11) is 0. The predicted octanol–water partition coefficient (Wildman–Crippen LogP) is 3.64. The number of hydrogen-bond donors (Lipinski definition) is 0. The summed E-state index contributed by atoms with van der Waals surface area (Å²) in [6, 6.07) is 10.1. The quantitative estimate of drug-likeness (QED) is 0.821. The van der Waals surface area contributed by atoms with Gasteiger partial charge >= 0.3 is 0 Å². The summed E-state index contributed by atoms with van der Waals surface area (Å²) in [5, 5.41) is 0. The smallest absolute Gasteiger partial charge is 0.226 e. The molecule has 0 saturated heterocycles. The zero-order valence-corrected chi connectivity index (χ0v) is 11.1. The molecule has 0 radical (unpaired) electrons. The highest BCUT2D eigenvalue weighted by molar-refractivity contribution is 5.95. The van der Waals surface area contributed by atoms with Crippen molar-refractivity contribution in [1.82, 2.24) is 0 Å². The van der Waals surface area contributed by atoms with E-state index >= 15 is 0 Å². The van der Waals surface area contributed by atoms with Gasteiger partial charge < -0.3 is 9.32 Å². The summed E-state index contributed by atoms with van der Waals surface area (Å²) < 4.78 is 5.43. The van der Waals surface area contributed by atoms with Gasteiger partial charge in [0.25, 0.3) is 0 Å². The summed E-state index contributed by atoms with van der Waals surface area (Å²) in [6.07, 6.45) is 4.30. The van der Waals surface area contributed by atoms with Crippen molar-refractivity contribution >= 4 is 11.6 Å². The Morgan fingerprint density at radius 2 is 2.26 bits per heavy atom. The Kier molecular flexibility index (Phi) is 3.11. The molecule has 1 aromatic carbocycles. The Labute approximate surface area is 112 Å². The largest absolute Gasteiger partial charge is 0.464 e. The number of aryl methyl sites for hydroxylation is 1. The van der Waals surface area contributed by atoms with Gasteiger partial charge in [-0.25, -0.2) is 0 Å². The number of fused-ring (bicyclic) bond motifs is 1. The van der Waals surface area contributed by atoms with E-state index in [2.05, 4.69) is 18.2 Å². The third kappa shape index (κ3) is 2.16. The monoisotopic (exact) mass is 255 g/mol. The van der Waals surface area contributed by atoms with Gasteiger partial charge in [0.1, 0.15) is 5.76 Å². The Morgan fingerprint density at radius 1 is 1.37 bits per heavy atom. The van der Waals surface area contributed by atoms with Crippen molar-refractivity contribution in [3.63, 3.8) is 0 Å². The van der Waals surface area contributed by atoms with Crippen LogP contribution in [0.5, 0.6) is 0 Å². The van der Waals surface area contributed by atoms with E-state index in [9.17, 15) is 4.79 Å². The molecule has 2 aromatic rings. The number of hydrogen-bond acceptors (Lipinski definition) is 2. The molecule has 1 aliphatic heterocycles. The van der Waals surface area contributed by atoms with Crippen molar-refractivity contribution in [3.05, 3.63) is 42.2 Å². The van der Waals surface area contributed by atoms with Crippen molar-refractivity contribution in [2.75, 3.05) is 11.4 Å². The molecule has 2 heterocycles. The van der Waals surface area contributed by atoms with E-state index < -0.39 is 0 Å². The molecule has 0 aliphatic carbocycles. The second-order valence-electron chi connectivity index (χ2n) is 4.82. The van der Waals surface area contributed by atoms with E-state index in [0.29, 0.717) is 6.42 Å². The molecule has 1 aromatic heterocycles. The zero-order valence-electron chi connectivity index (χ0n) is 11.1. The van der Waals surface area contributed by atoms with Crippen LogP contribution in [-0.4, -0.2) is 12.5 Å². The van der Waals surface area contributed by atoms with Gasteiger partial charge in [-0.15, -0.1) is 0 Å². The summed E-state index contributed by atoms with van der Waals surface area (Å²) >= 11 is 0. The van der Waals surface area contributed by atoms with E-state index in [1.165, 1.54) is 5.56 Å². The van der Waals surface area contributed by atoms with Crippen LogP contribution in [0.1, 0.15) is 25.3 Å². The van der Waals surface area contributed by atoms with Gasteiger partial charge in [-0.3, -0.25) is 4.79 Å². The first-order valence-electron chi connectivity index (χ1n) is 6.76. The first kappa shape index (κ1) is 12.0. The molecular formula is C16H17NO2. The maximum absolute atomic E-state index is 12.0. The fraction of sp³-hybridized carbons (Fsp3) is 0.312. The third-order valence-electron chi connectivity index (χ3n) is 3.61. The average Bonchev–Trinajstić information content (AvgIpc) is 2.99. The fourth-order valence-electron chi connectivity index (χ4n) is 2.62. The number of carbonyl (C=O) groups is 1. The van der Waals surface area contributed by atoms with E-state index in [4.69, 9.17) is 4.42 Å². The maximum atomic E-state index is 12.0. The molecule has 0 unspecified atom stereocenters. The van der Waals surface area contributed by atoms with Crippen LogP contribution in [-0.2, 0) is 11.2 Å². The molecule has 0 spiro atoms. The summed E-state index contributed by atoms with van der Waals surface area (Å²) in [6.45, 7) is 2.73. The first-order chi connectivity index (χ1) is 9.29. The lowest BCUT2D eigenvalue weighted by Crippen LogP contribution is -2.34. The molecule has 3 rings (SSSR count). The standard InChI is InChI=1S/C16H17NO2/c1-2-16(18)17-9-3-5-12-7-8-13(11-14(12)17)15-6-4-10-19-15/h4,6-8,10-11H,2-3,5,9H2,1H3. The van der Waals surface area contributed by atoms with Gasteiger partial charge in [-0.2, -0.15) is 0 Å². The lowest BCUT2D eigenvalue weighted by atomic mass is 9.98. The second-order valence-corrected chi connectivity index (χ2v) is 4.82. The molecule has 1 amide bonds. The third-order valence-corrected chi connectivity index (χ3v) is 3.61. The molecule has 0 fully saturated rings. The predicted molar refractivity (Wildman–Crippen MR) is 75.1 cm³/mol. The maximum Gasteiger partial charge on any atom is 0.226 e. The molecule has 1 aliphatic rings. The van der Waals surface area contributed by atoms with Crippen LogP contribution in [0.15, 0.2) is 41.0 Å². The molecule has 0 bridgehead atoms. The number of nitrogens with zero attached hydrogens (tertiary/aromatic N) is 1. The number of rotatable bonds is 2. The molecule has 3 heteroatoms. The molecular weight excluding hydrogens is 238 g/mol. The Morgan fingerprint density at radius 3 is 3.00 bits per heavy atom. The first-order valence-corrected chi connectivity index (χ1v) is 6.76. The molecule has 0 N–H and O–H groups in total. The second kappa shape index (κ2) is 4.92. The molecule has 19 heavy (non-hydrogen) atoms. The zero-order chi connectivity index (χ0) is 13.2. The topological polar surface area (TPSA) is 33.5 Å². The highest BCUT2D eigenvalue weighted by Gasteiger charge is 2.22. The van der Waals surface area contributed by atoms with Crippen LogP contribution in [0.25, 0.3) is 11.3 Å². The summed E-state index contributed by atoms with van der Waals surface area (Å²) in [4.78, 5) is 13.9. The van der Waals surface area contributed by atoms with Crippen molar-refractivity contribution in [3.8, 4) is 11.3 Å². The summed E-state index contributed by atoms with van der Waals surface area (Å²) in [5.74, 6) is 1.04. The van der Waals surface area contributed by atoms with Crippen LogP contribution in [0.4, 0.5) is 5.69 Å². The Hall–Kier alpha value is -2.03. The number of amides is 1. The van der Waals surface area contributed by atoms with Crippen LogP contribution in [0.3, 0.4) is 0 Å². The number of carbonyl (C=O) groups excluding carboxylic acids is 1. The summed E-state index contributed by atoms with van der Waals surface area (Å²) in [5.41, 5.74) is 3.33. The van der Waals surface area contributed by atoms with E-state index in [1.54, 1.807) is 6.26 Å². The van der Waals surface area contributed by atoms with Gasteiger partial charge in [0.15, 0.2) is 0 Å². The Bertz CT molecular complexity index is 587. The number of benzene rings is 1. The highest BCUT2D eigenvalue weighted by atomic mass is 16.3. The minimum absolute atomic E-state index is 0.192. The minimum atomic E-state index is 0.192. The van der Waals surface area contributed by atoms with Crippen LogP contribution < -0.4 is 4.90 Å². The van der Waals surface area contributed by atoms with Crippen LogP contribution >= 0.6 is 0 Å². The van der Waals surface area contributed by atoms with Crippen molar-refractivity contribution in [1.29, 1.82) is 0 Å². The lowest BCUT2D eigenvalue weighted by Gasteiger charge is -2.29. The average molecular weight is 255 g/mol. The highest BCUT2D eigenvalue weighted by Crippen LogP contribution is 2.32. The van der Waals surface area contributed by atoms with Crippen molar-refractivity contribution < 1.29 is 9.21 Å². The van der Waals surface area contributed by atoms with E-state index in [0.717, 1.165) is 36.4 Å². The lowest BCUT2D eigenvalue weighted by molar-refractivity contribution is -0.118. The normalized spacial score (nSPS) is 14.3. The SMILES string of the molecule is CCC(=O)N1CCCc2ccc(-c3ccco3)cc21. The molecule has 0 saturated carbocycles. The minimum Gasteiger partial charge on any atom is -0.464 e. The molecule has 3 nitrogen and oxygen atoms in total. The number of furan rings is 1. The number of anilines is 1. The van der Waals surface area contributed by atoms with Crippen molar-refractivity contribution in [2.24, 2.45) is 0 Å². The van der Waals surface area contributed by atoms with Crippen LogP contribution in [0, 0.1) is 0 Å². The Balaban J connectivity index is 2.04. The molecule has 0 atom stereocenters. The van der Waals surface area contributed by atoms with Crippen molar-refractivity contribution in [2.45, 2.75) is 26.2 Å². The van der Waals surface area contributed by atoms with Gasteiger partial charge in [-0.05, 0) is 36.6 Å². The fourth-order valence-corrected chi connectivity index (χ4v) is 2.62. The van der Waals surface area contributed by atoms with Gasteiger partial charge in [0.2, 0.25) is 5.91 Å². The molecule has 98 valence electrons. The van der Waals surface area contributed by atoms with Gasteiger partial charge in [0, 0.05) is 24.2 Å². The van der Waals surface area contributed by atoms with Crippen LogP contribution in [0.2, 0.25) is 0 Å². The van der Waals surface area contributed by atoms with Gasteiger partial charge in [0.05, 0.1) is 6.26 Å². The van der Waals surface area contributed by atoms with E-state index in [-0.39, 0.29) is 5.91 Å².